The molecule has 2 atom stereocenters. The summed E-state index contributed by atoms with van der Waals surface area (Å²) in [6.45, 7) is -1.04. The highest BCUT2D eigenvalue weighted by molar-refractivity contribution is 7.16. The lowest BCUT2D eigenvalue weighted by atomic mass is 9.85. The van der Waals surface area contributed by atoms with Crippen LogP contribution in [0.4, 0.5) is 5.00 Å². The SMILES string of the molecule is N#Cc1c(NC(=O)COC(=O)CN2C(=O)[C@@H]3CC=CC[C@H]3C2=O)sc2c1CCC2. The molecule has 4 rings (SSSR count). The number of imide groups is 1. The van der Waals surface area contributed by atoms with Gasteiger partial charge in [0.05, 0.1) is 17.4 Å². The summed E-state index contributed by atoms with van der Waals surface area (Å²) in [5.41, 5.74) is 1.47. The van der Waals surface area contributed by atoms with E-state index >= 15 is 0 Å². The Hall–Kier alpha value is -2.99. The largest absolute Gasteiger partial charge is 0.454 e. The molecule has 3 amide bonds. The fourth-order valence-electron chi connectivity index (χ4n) is 4.12. The summed E-state index contributed by atoms with van der Waals surface area (Å²) in [7, 11) is 0. The smallest absolute Gasteiger partial charge is 0.326 e. The van der Waals surface area contributed by atoms with E-state index in [0.717, 1.165) is 34.6 Å². The van der Waals surface area contributed by atoms with Crippen molar-refractivity contribution in [1.29, 1.82) is 5.26 Å². The third-order valence-electron chi connectivity index (χ3n) is 5.54. The molecule has 0 aromatic carbocycles. The standard InChI is InChI=1S/C20H19N3O5S/c21-8-14-11-6-3-7-15(11)29-18(14)22-16(24)10-28-17(25)9-23-19(26)12-4-1-2-5-13(12)20(23)27/h1-2,12-13H,3-7,9-10H2,(H,22,24)/t12-,13-/m1/s1. The highest BCUT2D eigenvalue weighted by Gasteiger charge is 2.47. The summed E-state index contributed by atoms with van der Waals surface area (Å²) in [6, 6.07) is 2.13. The van der Waals surface area contributed by atoms with Crippen LogP contribution >= 0.6 is 11.3 Å². The topological polar surface area (TPSA) is 117 Å². The van der Waals surface area contributed by atoms with Crippen LogP contribution < -0.4 is 5.32 Å². The number of carbonyl (C=O) groups is 4. The summed E-state index contributed by atoms with van der Waals surface area (Å²) < 4.78 is 4.95. The first kappa shape index (κ1) is 19.3. The molecule has 1 aromatic rings. The Labute approximate surface area is 171 Å². The minimum atomic E-state index is -0.817. The highest BCUT2D eigenvalue weighted by atomic mass is 32.1. The molecule has 2 heterocycles. The summed E-state index contributed by atoms with van der Waals surface area (Å²) in [4.78, 5) is 51.0. The molecule has 8 nitrogen and oxygen atoms in total. The van der Waals surface area contributed by atoms with Gasteiger partial charge in [-0.3, -0.25) is 24.1 Å². The van der Waals surface area contributed by atoms with E-state index in [1.165, 1.54) is 11.3 Å². The number of thiophene rings is 1. The molecule has 0 saturated carbocycles. The highest BCUT2D eigenvalue weighted by Crippen LogP contribution is 2.38. The van der Waals surface area contributed by atoms with Crippen LogP contribution in [0.5, 0.6) is 0 Å². The van der Waals surface area contributed by atoms with Crippen molar-refractivity contribution in [3.8, 4) is 6.07 Å². The van der Waals surface area contributed by atoms with E-state index in [9.17, 15) is 24.4 Å². The van der Waals surface area contributed by atoms with Crippen molar-refractivity contribution < 1.29 is 23.9 Å². The number of carbonyl (C=O) groups excluding carboxylic acids is 4. The second-order valence-corrected chi connectivity index (χ2v) is 8.41. The average molecular weight is 413 g/mol. The molecule has 1 saturated heterocycles. The molecule has 0 bridgehead atoms. The van der Waals surface area contributed by atoms with Crippen molar-refractivity contribution in [3.63, 3.8) is 0 Å². The van der Waals surface area contributed by atoms with E-state index in [-0.39, 0.29) is 11.8 Å². The van der Waals surface area contributed by atoms with Gasteiger partial charge in [0.2, 0.25) is 11.8 Å². The maximum absolute atomic E-state index is 12.4. The first-order valence-corrected chi connectivity index (χ1v) is 10.3. The van der Waals surface area contributed by atoms with Crippen LogP contribution in [0.3, 0.4) is 0 Å². The number of aryl methyl sites for hydroxylation is 1. The molecule has 3 aliphatic rings. The number of likely N-dealkylation sites (tertiary alicyclic amines) is 1. The molecule has 0 unspecified atom stereocenters. The van der Waals surface area contributed by atoms with Crippen LogP contribution in [0.2, 0.25) is 0 Å². The van der Waals surface area contributed by atoms with Gasteiger partial charge in [0.1, 0.15) is 17.6 Å². The molecular weight excluding hydrogens is 394 g/mol. The minimum Gasteiger partial charge on any atom is -0.454 e. The second kappa shape index (κ2) is 7.79. The Morgan fingerprint density at radius 2 is 1.90 bits per heavy atom. The van der Waals surface area contributed by atoms with Crippen LogP contribution in [0.25, 0.3) is 0 Å². The summed E-state index contributed by atoms with van der Waals surface area (Å²) in [5, 5.41) is 12.4. The molecule has 9 heteroatoms. The zero-order valence-electron chi connectivity index (χ0n) is 15.6. The zero-order chi connectivity index (χ0) is 20.5. The lowest BCUT2D eigenvalue weighted by Gasteiger charge is -2.14. The van der Waals surface area contributed by atoms with Gasteiger partial charge >= 0.3 is 5.97 Å². The van der Waals surface area contributed by atoms with Crippen LogP contribution in [-0.4, -0.2) is 41.7 Å². The molecular formula is C20H19N3O5S. The number of hydrogen-bond donors (Lipinski definition) is 1. The number of nitrogens with zero attached hydrogens (tertiary/aromatic N) is 2. The van der Waals surface area contributed by atoms with E-state index in [1.807, 2.05) is 12.2 Å². The number of hydrogen-bond acceptors (Lipinski definition) is 7. The molecule has 0 radical (unpaired) electrons. The van der Waals surface area contributed by atoms with Crippen molar-refractivity contribution >= 4 is 40.0 Å². The third kappa shape index (κ3) is 3.56. The van der Waals surface area contributed by atoms with Crippen molar-refractivity contribution in [2.45, 2.75) is 32.1 Å². The predicted octanol–water partition coefficient (Wildman–Crippen LogP) is 1.54. The maximum Gasteiger partial charge on any atom is 0.326 e. The second-order valence-electron chi connectivity index (χ2n) is 7.30. The minimum absolute atomic E-state index is 0.363. The number of nitrogens with one attached hydrogen (secondary N) is 1. The molecule has 1 aromatic heterocycles. The van der Waals surface area contributed by atoms with Crippen molar-refractivity contribution in [2.24, 2.45) is 11.8 Å². The Balaban J connectivity index is 1.30. The molecule has 1 N–H and O–H groups in total. The van der Waals surface area contributed by atoms with E-state index < -0.39 is 36.9 Å². The number of anilines is 1. The normalized spacial score (nSPS) is 22.2. The fourth-order valence-corrected chi connectivity index (χ4v) is 5.37. The number of fused-ring (bicyclic) bond motifs is 2. The molecule has 1 aliphatic heterocycles. The molecule has 0 spiro atoms. The quantitative estimate of drug-likeness (QED) is 0.445. The summed E-state index contributed by atoms with van der Waals surface area (Å²) >= 11 is 1.38. The molecule has 1 fully saturated rings. The van der Waals surface area contributed by atoms with Gasteiger partial charge in [0.25, 0.3) is 5.91 Å². The number of allylic oxidation sites excluding steroid dienone is 2. The maximum atomic E-state index is 12.4. The van der Waals surface area contributed by atoms with Gasteiger partial charge in [0, 0.05) is 4.88 Å². The van der Waals surface area contributed by atoms with Gasteiger partial charge in [-0.15, -0.1) is 11.3 Å². The number of nitriles is 1. The number of amides is 3. The lowest BCUT2D eigenvalue weighted by Crippen LogP contribution is -2.37. The van der Waals surface area contributed by atoms with Crippen molar-refractivity contribution in [1.82, 2.24) is 4.90 Å². The monoisotopic (exact) mass is 413 g/mol. The van der Waals surface area contributed by atoms with Crippen LogP contribution in [0.15, 0.2) is 12.2 Å². The van der Waals surface area contributed by atoms with Crippen LogP contribution in [0, 0.1) is 23.2 Å². The van der Waals surface area contributed by atoms with Gasteiger partial charge in [-0.1, -0.05) is 12.2 Å². The van der Waals surface area contributed by atoms with Crippen LogP contribution in [-0.2, 0) is 36.8 Å². The van der Waals surface area contributed by atoms with Crippen molar-refractivity contribution in [3.05, 3.63) is 28.2 Å². The Morgan fingerprint density at radius 3 is 2.55 bits per heavy atom. The molecule has 2 aliphatic carbocycles. The van der Waals surface area contributed by atoms with E-state index in [1.54, 1.807) is 0 Å². The van der Waals surface area contributed by atoms with E-state index in [0.29, 0.717) is 23.4 Å². The van der Waals surface area contributed by atoms with E-state index in [2.05, 4.69) is 11.4 Å². The first-order chi connectivity index (χ1) is 14.0. The van der Waals surface area contributed by atoms with Crippen LogP contribution in [0.1, 0.15) is 35.3 Å². The predicted molar refractivity (Wildman–Crippen MR) is 103 cm³/mol. The number of rotatable bonds is 5. The Morgan fingerprint density at radius 1 is 1.21 bits per heavy atom. The number of esters is 1. The lowest BCUT2D eigenvalue weighted by molar-refractivity contribution is -0.154. The van der Waals surface area contributed by atoms with Gasteiger partial charge in [-0.2, -0.15) is 5.26 Å². The zero-order valence-corrected chi connectivity index (χ0v) is 16.4. The van der Waals surface area contributed by atoms with Gasteiger partial charge in [-0.25, -0.2) is 0 Å². The third-order valence-corrected chi connectivity index (χ3v) is 6.74. The average Bonchev–Trinajstić information content (AvgIpc) is 3.35. The fraction of sp³-hybridized carbons (Fsp3) is 0.450. The molecule has 150 valence electrons. The first-order valence-electron chi connectivity index (χ1n) is 9.50. The number of ether oxygens (including phenoxy) is 1. The summed E-state index contributed by atoms with van der Waals surface area (Å²) in [5.74, 6) is -2.92. The summed E-state index contributed by atoms with van der Waals surface area (Å²) in [6.07, 6.45) is 7.46. The molecule has 29 heavy (non-hydrogen) atoms. The Bertz CT molecular complexity index is 947. The van der Waals surface area contributed by atoms with Gasteiger partial charge in [0.15, 0.2) is 6.61 Å². The van der Waals surface area contributed by atoms with Gasteiger partial charge in [-0.05, 0) is 37.7 Å². The van der Waals surface area contributed by atoms with Crippen molar-refractivity contribution in [2.75, 3.05) is 18.5 Å². The van der Waals surface area contributed by atoms with Gasteiger partial charge < -0.3 is 10.1 Å². The Kier molecular flexibility index (Phi) is 5.20. The van der Waals surface area contributed by atoms with E-state index in [4.69, 9.17) is 4.74 Å².